The van der Waals surface area contributed by atoms with E-state index in [4.69, 9.17) is 5.73 Å². The topological polar surface area (TPSA) is 69.8 Å². The molecule has 0 aromatic heterocycles. The molecule has 132 valence electrons. The van der Waals surface area contributed by atoms with Crippen molar-refractivity contribution in [1.82, 2.24) is 4.90 Å². The zero-order valence-corrected chi connectivity index (χ0v) is 14.5. The second-order valence-electron chi connectivity index (χ2n) is 6.65. The van der Waals surface area contributed by atoms with E-state index in [1.807, 2.05) is 30.3 Å². The van der Waals surface area contributed by atoms with Crippen molar-refractivity contribution in [1.29, 1.82) is 0 Å². The van der Waals surface area contributed by atoms with E-state index in [0.29, 0.717) is 5.56 Å². The number of likely N-dealkylation sites (tertiary alicyclic amines) is 1. The summed E-state index contributed by atoms with van der Waals surface area (Å²) in [6.07, 6.45) is 0.606. The van der Waals surface area contributed by atoms with Gasteiger partial charge in [0, 0.05) is 37.9 Å². The first-order valence-electron chi connectivity index (χ1n) is 8.62. The number of β-amino-alcohol motifs (C(OH)–C–C–N with tert-alkyl or cyclic N) is 1. The predicted molar refractivity (Wildman–Crippen MR) is 99.6 cm³/mol. The molecule has 0 aliphatic carbocycles. The van der Waals surface area contributed by atoms with E-state index >= 15 is 0 Å². The van der Waals surface area contributed by atoms with Crippen LogP contribution in [-0.2, 0) is 0 Å². The lowest BCUT2D eigenvalue weighted by Gasteiger charge is -2.33. The molecule has 1 aliphatic rings. The van der Waals surface area contributed by atoms with Gasteiger partial charge in [-0.2, -0.15) is 0 Å². The number of benzene rings is 2. The fourth-order valence-electron chi connectivity index (χ4n) is 3.39. The Morgan fingerprint density at radius 2 is 1.92 bits per heavy atom. The predicted octanol–water partition coefficient (Wildman–Crippen LogP) is 2.03. The number of aliphatic hydroxyl groups excluding tert-OH is 1. The van der Waals surface area contributed by atoms with Crippen LogP contribution in [0.4, 0.5) is 5.69 Å². The second kappa shape index (κ2) is 7.68. The van der Waals surface area contributed by atoms with Gasteiger partial charge in [-0.05, 0) is 36.2 Å². The number of hydrogen-bond donors (Lipinski definition) is 2. The Bertz CT molecular complexity index is 703. The smallest absolute Gasteiger partial charge is 0.248 e. The lowest BCUT2D eigenvalue weighted by molar-refractivity contribution is 0.100. The van der Waals surface area contributed by atoms with E-state index in [0.717, 1.165) is 31.7 Å². The van der Waals surface area contributed by atoms with E-state index in [1.165, 1.54) is 5.56 Å². The van der Waals surface area contributed by atoms with Gasteiger partial charge in [-0.15, -0.1) is 0 Å². The van der Waals surface area contributed by atoms with Gasteiger partial charge in [0.25, 0.3) is 0 Å². The minimum Gasteiger partial charge on any atom is -0.392 e. The van der Waals surface area contributed by atoms with Crippen molar-refractivity contribution in [2.24, 2.45) is 5.73 Å². The lowest BCUT2D eigenvalue weighted by Crippen LogP contribution is -2.36. The number of anilines is 1. The van der Waals surface area contributed by atoms with Gasteiger partial charge in [-0.3, -0.25) is 9.69 Å². The second-order valence-corrected chi connectivity index (χ2v) is 6.65. The van der Waals surface area contributed by atoms with Crippen molar-refractivity contribution in [2.45, 2.75) is 18.6 Å². The highest BCUT2D eigenvalue weighted by atomic mass is 16.3. The molecule has 0 unspecified atom stereocenters. The van der Waals surface area contributed by atoms with Gasteiger partial charge >= 0.3 is 0 Å². The molecule has 3 rings (SSSR count). The van der Waals surface area contributed by atoms with Crippen LogP contribution >= 0.6 is 0 Å². The number of aliphatic hydroxyl groups is 1. The Hall–Kier alpha value is -2.37. The highest BCUT2D eigenvalue weighted by Crippen LogP contribution is 2.28. The monoisotopic (exact) mass is 339 g/mol. The van der Waals surface area contributed by atoms with Crippen molar-refractivity contribution < 1.29 is 9.90 Å². The quantitative estimate of drug-likeness (QED) is 0.845. The first kappa shape index (κ1) is 17.5. The number of carbonyl (C=O) groups is 1. The Balaban J connectivity index is 1.83. The molecule has 0 spiro atoms. The molecule has 2 aromatic rings. The molecule has 0 saturated carbocycles. The Kier molecular flexibility index (Phi) is 5.36. The average Bonchev–Trinajstić information content (AvgIpc) is 3.05. The summed E-state index contributed by atoms with van der Waals surface area (Å²) in [4.78, 5) is 15.8. The van der Waals surface area contributed by atoms with Crippen LogP contribution in [0.2, 0.25) is 0 Å². The molecule has 1 fully saturated rings. The minimum atomic E-state index is -0.417. The molecule has 2 atom stereocenters. The molecular weight excluding hydrogens is 314 g/mol. The molecule has 0 radical (unpaired) electrons. The van der Waals surface area contributed by atoms with Gasteiger partial charge in [0.15, 0.2) is 0 Å². The number of amides is 1. The van der Waals surface area contributed by atoms with Gasteiger partial charge in [-0.25, -0.2) is 0 Å². The molecule has 5 nitrogen and oxygen atoms in total. The van der Waals surface area contributed by atoms with Crippen molar-refractivity contribution in [3.63, 3.8) is 0 Å². The lowest BCUT2D eigenvalue weighted by atomic mass is 10.0. The Labute approximate surface area is 148 Å². The zero-order valence-electron chi connectivity index (χ0n) is 14.5. The number of likely N-dealkylation sites (N-methyl/N-ethyl adjacent to an activating group) is 1. The fourth-order valence-corrected chi connectivity index (χ4v) is 3.39. The van der Waals surface area contributed by atoms with Crippen LogP contribution in [0.5, 0.6) is 0 Å². The number of primary amides is 1. The van der Waals surface area contributed by atoms with Crippen LogP contribution < -0.4 is 10.6 Å². The average molecular weight is 339 g/mol. The maximum atomic E-state index is 11.3. The first-order valence-corrected chi connectivity index (χ1v) is 8.62. The zero-order chi connectivity index (χ0) is 17.8. The Morgan fingerprint density at radius 1 is 1.24 bits per heavy atom. The summed E-state index contributed by atoms with van der Waals surface area (Å²) in [6.45, 7) is 2.48. The molecule has 1 aliphatic heterocycles. The summed E-state index contributed by atoms with van der Waals surface area (Å²) in [5.74, 6) is -0.417. The summed E-state index contributed by atoms with van der Waals surface area (Å²) >= 11 is 0. The van der Waals surface area contributed by atoms with Crippen LogP contribution in [0, 0.1) is 0 Å². The van der Waals surface area contributed by atoms with Crippen LogP contribution in [-0.4, -0.2) is 48.7 Å². The third-order valence-electron chi connectivity index (χ3n) is 4.89. The molecule has 1 heterocycles. The van der Waals surface area contributed by atoms with Crippen molar-refractivity contribution in [3.05, 3.63) is 65.7 Å². The first-order chi connectivity index (χ1) is 12.0. The number of carbonyl (C=O) groups excluding carboxylic acids is 1. The molecule has 0 bridgehead atoms. The van der Waals surface area contributed by atoms with Crippen molar-refractivity contribution in [2.75, 3.05) is 31.6 Å². The van der Waals surface area contributed by atoms with Crippen molar-refractivity contribution in [3.8, 4) is 0 Å². The molecule has 3 N–H and O–H groups in total. The van der Waals surface area contributed by atoms with Gasteiger partial charge in [-0.1, -0.05) is 30.3 Å². The molecule has 5 heteroatoms. The highest BCUT2D eigenvalue weighted by molar-refractivity contribution is 5.93. The fraction of sp³-hybridized carbons (Fsp3) is 0.350. The molecule has 1 saturated heterocycles. The number of nitrogens with two attached hydrogens (primary N) is 1. The number of hydrogen-bond acceptors (Lipinski definition) is 4. The van der Waals surface area contributed by atoms with Crippen LogP contribution in [0.1, 0.15) is 28.4 Å². The molecule has 2 aromatic carbocycles. The van der Waals surface area contributed by atoms with Gasteiger partial charge in [0.05, 0.1) is 12.1 Å². The number of rotatable bonds is 6. The van der Waals surface area contributed by atoms with Crippen molar-refractivity contribution >= 4 is 11.6 Å². The number of nitrogens with zero attached hydrogens (tertiary/aromatic N) is 2. The molecular formula is C20H25N3O2. The highest BCUT2D eigenvalue weighted by Gasteiger charge is 2.26. The van der Waals surface area contributed by atoms with E-state index in [1.54, 1.807) is 12.1 Å². The maximum Gasteiger partial charge on any atom is 0.248 e. The summed E-state index contributed by atoms with van der Waals surface area (Å²) in [5.41, 5.74) is 8.09. The standard InChI is InChI=1S/C20H25N3O2/c1-22(17-9-7-16(8-10-17)20(21)25)19(15-5-3-2-4-6-15)14-23-12-11-18(24)13-23/h2-10,18-19,24H,11-14H2,1H3,(H2,21,25)/t18-,19-/m0/s1. The normalized spacial score (nSPS) is 18.9. The third kappa shape index (κ3) is 4.18. The van der Waals surface area contributed by atoms with E-state index in [9.17, 15) is 9.90 Å². The van der Waals surface area contributed by atoms with Crippen LogP contribution in [0.25, 0.3) is 0 Å². The largest absolute Gasteiger partial charge is 0.392 e. The maximum absolute atomic E-state index is 11.3. The van der Waals surface area contributed by atoms with Gasteiger partial charge < -0.3 is 15.7 Å². The van der Waals surface area contributed by atoms with Gasteiger partial charge in [0.1, 0.15) is 0 Å². The summed E-state index contributed by atoms with van der Waals surface area (Å²) < 4.78 is 0. The van der Waals surface area contributed by atoms with E-state index in [2.05, 4.69) is 29.0 Å². The molecule has 25 heavy (non-hydrogen) atoms. The summed E-state index contributed by atoms with van der Waals surface area (Å²) in [5, 5.41) is 9.82. The van der Waals surface area contributed by atoms with E-state index in [-0.39, 0.29) is 12.1 Å². The van der Waals surface area contributed by atoms with E-state index < -0.39 is 5.91 Å². The SMILES string of the molecule is CN(c1ccc(C(N)=O)cc1)[C@@H](CN1CC[C@H](O)C1)c1ccccc1. The molecule has 1 amide bonds. The summed E-state index contributed by atoms with van der Waals surface area (Å²) in [7, 11) is 2.06. The summed E-state index contributed by atoms with van der Waals surface area (Å²) in [6, 6.07) is 17.9. The van der Waals surface area contributed by atoms with Crippen LogP contribution in [0.15, 0.2) is 54.6 Å². The third-order valence-corrected chi connectivity index (χ3v) is 4.89. The van der Waals surface area contributed by atoms with Crippen LogP contribution in [0.3, 0.4) is 0 Å². The minimum absolute atomic E-state index is 0.158. The van der Waals surface area contributed by atoms with Gasteiger partial charge in [0.2, 0.25) is 5.91 Å². The Morgan fingerprint density at radius 3 is 2.48 bits per heavy atom.